The van der Waals surface area contributed by atoms with Crippen LogP contribution in [0, 0.1) is 0 Å². The summed E-state index contributed by atoms with van der Waals surface area (Å²) in [5, 5.41) is 12.0. The first-order chi connectivity index (χ1) is 6.31. The summed E-state index contributed by atoms with van der Waals surface area (Å²) in [5.74, 6) is 0.609. The number of rotatable bonds is 5. The average molecular weight is 199 g/mol. The van der Waals surface area contributed by atoms with Gasteiger partial charge >= 0.3 is 0 Å². The second kappa shape index (κ2) is 5.35. The Hall–Kier alpha value is -0.410. The standard InChI is InChI=1S/C10H17NOS/c1-3-8(4-2)10-11-9(5-6-12)7-13-10/h7-8,12H,3-6H2,1-2H3. The third kappa shape index (κ3) is 2.78. The van der Waals surface area contributed by atoms with E-state index in [-0.39, 0.29) is 6.61 Å². The lowest BCUT2D eigenvalue weighted by atomic mass is 10.1. The van der Waals surface area contributed by atoms with Crippen LogP contribution in [0.25, 0.3) is 0 Å². The quantitative estimate of drug-likeness (QED) is 0.790. The Balaban J connectivity index is 2.66. The van der Waals surface area contributed by atoms with Gasteiger partial charge in [-0.1, -0.05) is 13.8 Å². The Labute approximate surface area is 83.6 Å². The van der Waals surface area contributed by atoms with E-state index in [1.54, 1.807) is 11.3 Å². The van der Waals surface area contributed by atoms with E-state index in [1.165, 1.54) is 5.01 Å². The molecule has 0 saturated carbocycles. The van der Waals surface area contributed by atoms with Crippen LogP contribution in [0.2, 0.25) is 0 Å². The van der Waals surface area contributed by atoms with Crippen LogP contribution in [0.15, 0.2) is 5.38 Å². The zero-order valence-electron chi connectivity index (χ0n) is 8.29. The summed E-state index contributed by atoms with van der Waals surface area (Å²) in [4.78, 5) is 4.50. The first kappa shape index (κ1) is 10.7. The van der Waals surface area contributed by atoms with Gasteiger partial charge in [-0.2, -0.15) is 0 Å². The molecule has 74 valence electrons. The van der Waals surface area contributed by atoms with Crippen LogP contribution in [0.3, 0.4) is 0 Å². The van der Waals surface area contributed by atoms with Gasteiger partial charge in [0, 0.05) is 24.3 Å². The molecule has 0 aliphatic rings. The number of aliphatic hydroxyl groups excluding tert-OH is 1. The van der Waals surface area contributed by atoms with Crippen molar-refractivity contribution in [3.8, 4) is 0 Å². The minimum atomic E-state index is 0.200. The summed E-state index contributed by atoms with van der Waals surface area (Å²) in [6.07, 6.45) is 3.00. The van der Waals surface area contributed by atoms with Gasteiger partial charge < -0.3 is 5.11 Å². The van der Waals surface area contributed by atoms with E-state index in [4.69, 9.17) is 5.11 Å². The molecular weight excluding hydrogens is 182 g/mol. The lowest BCUT2D eigenvalue weighted by molar-refractivity contribution is 0.298. The van der Waals surface area contributed by atoms with Gasteiger partial charge in [-0.15, -0.1) is 11.3 Å². The molecule has 0 saturated heterocycles. The molecule has 0 aliphatic heterocycles. The molecular formula is C10H17NOS. The second-order valence-corrected chi connectivity index (χ2v) is 4.05. The molecule has 2 nitrogen and oxygen atoms in total. The fraction of sp³-hybridized carbons (Fsp3) is 0.700. The van der Waals surface area contributed by atoms with Crippen molar-refractivity contribution >= 4 is 11.3 Å². The molecule has 0 aromatic carbocycles. The van der Waals surface area contributed by atoms with Crippen molar-refractivity contribution in [2.75, 3.05) is 6.61 Å². The molecule has 0 fully saturated rings. The molecule has 13 heavy (non-hydrogen) atoms. The Kier molecular flexibility index (Phi) is 4.39. The molecule has 0 spiro atoms. The van der Waals surface area contributed by atoms with Crippen molar-refractivity contribution in [2.45, 2.75) is 39.0 Å². The number of thiazole rings is 1. The SMILES string of the molecule is CCC(CC)c1nc(CCO)cs1. The second-order valence-electron chi connectivity index (χ2n) is 3.16. The highest BCUT2D eigenvalue weighted by molar-refractivity contribution is 7.09. The third-order valence-electron chi connectivity index (χ3n) is 2.27. The van der Waals surface area contributed by atoms with Crippen molar-refractivity contribution in [3.05, 3.63) is 16.1 Å². The Morgan fingerprint density at radius 1 is 1.46 bits per heavy atom. The molecule has 0 amide bonds. The Bertz CT molecular complexity index is 243. The van der Waals surface area contributed by atoms with Gasteiger partial charge in [0.1, 0.15) is 0 Å². The minimum absolute atomic E-state index is 0.200. The van der Waals surface area contributed by atoms with Crippen molar-refractivity contribution in [1.29, 1.82) is 0 Å². The normalized spacial score (nSPS) is 11.1. The number of aliphatic hydroxyl groups is 1. The van der Waals surface area contributed by atoms with Crippen LogP contribution in [0.5, 0.6) is 0 Å². The summed E-state index contributed by atoms with van der Waals surface area (Å²) < 4.78 is 0. The van der Waals surface area contributed by atoms with E-state index in [1.807, 2.05) is 0 Å². The van der Waals surface area contributed by atoms with Crippen LogP contribution in [0.1, 0.15) is 43.3 Å². The summed E-state index contributed by atoms with van der Waals surface area (Å²) in [5.41, 5.74) is 1.04. The first-order valence-corrected chi connectivity index (χ1v) is 5.74. The predicted octanol–water partition coefficient (Wildman–Crippen LogP) is 2.58. The predicted molar refractivity (Wildman–Crippen MR) is 56.2 cm³/mol. The monoisotopic (exact) mass is 199 g/mol. The van der Waals surface area contributed by atoms with Gasteiger partial charge in [0.05, 0.1) is 10.7 Å². The topological polar surface area (TPSA) is 33.1 Å². The van der Waals surface area contributed by atoms with Crippen molar-refractivity contribution < 1.29 is 5.11 Å². The smallest absolute Gasteiger partial charge is 0.0959 e. The molecule has 1 N–H and O–H groups in total. The number of hydrogen-bond donors (Lipinski definition) is 1. The third-order valence-corrected chi connectivity index (χ3v) is 3.33. The van der Waals surface area contributed by atoms with Gasteiger partial charge in [0.25, 0.3) is 0 Å². The Morgan fingerprint density at radius 3 is 2.69 bits per heavy atom. The zero-order valence-corrected chi connectivity index (χ0v) is 9.10. The summed E-state index contributed by atoms with van der Waals surface area (Å²) in [6.45, 7) is 4.59. The fourth-order valence-corrected chi connectivity index (χ4v) is 2.50. The summed E-state index contributed by atoms with van der Waals surface area (Å²) >= 11 is 1.72. The maximum atomic E-state index is 8.75. The maximum absolute atomic E-state index is 8.75. The fourth-order valence-electron chi connectivity index (χ4n) is 1.38. The molecule has 1 aromatic rings. The van der Waals surface area contributed by atoms with Crippen molar-refractivity contribution in [2.24, 2.45) is 0 Å². The molecule has 0 aliphatic carbocycles. The highest BCUT2D eigenvalue weighted by Gasteiger charge is 2.10. The largest absolute Gasteiger partial charge is 0.396 e. The highest BCUT2D eigenvalue weighted by Crippen LogP contribution is 2.25. The van der Waals surface area contributed by atoms with Crippen molar-refractivity contribution in [3.63, 3.8) is 0 Å². The average Bonchev–Trinajstić information content (AvgIpc) is 2.56. The maximum Gasteiger partial charge on any atom is 0.0959 e. The van der Waals surface area contributed by atoms with E-state index in [0.29, 0.717) is 12.3 Å². The van der Waals surface area contributed by atoms with E-state index in [9.17, 15) is 0 Å². The van der Waals surface area contributed by atoms with Crippen LogP contribution >= 0.6 is 11.3 Å². The molecule has 1 aromatic heterocycles. The van der Waals surface area contributed by atoms with Gasteiger partial charge in [0.15, 0.2) is 0 Å². The van der Waals surface area contributed by atoms with Gasteiger partial charge in [-0.3, -0.25) is 0 Å². The summed E-state index contributed by atoms with van der Waals surface area (Å²) in [6, 6.07) is 0. The van der Waals surface area contributed by atoms with Gasteiger partial charge in [-0.25, -0.2) is 4.98 Å². The molecule has 0 unspecified atom stereocenters. The first-order valence-electron chi connectivity index (χ1n) is 4.86. The minimum Gasteiger partial charge on any atom is -0.396 e. The molecule has 0 radical (unpaired) electrons. The molecule has 0 bridgehead atoms. The van der Waals surface area contributed by atoms with Gasteiger partial charge in [0.2, 0.25) is 0 Å². The lowest BCUT2D eigenvalue weighted by Crippen LogP contribution is -1.96. The van der Waals surface area contributed by atoms with Crippen LogP contribution in [0.4, 0.5) is 0 Å². The van der Waals surface area contributed by atoms with Gasteiger partial charge in [-0.05, 0) is 12.8 Å². The Morgan fingerprint density at radius 2 is 2.15 bits per heavy atom. The molecule has 0 atom stereocenters. The van der Waals surface area contributed by atoms with Crippen LogP contribution in [-0.4, -0.2) is 16.7 Å². The molecule has 3 heteroatoms. The number of nitrogens with zero attached hydrogens (tertiary/aromatic N) is 1. The lowest BCUT2D eigenvalue weighted by Gasteiger charge is -2.06. The zero-order chi connectivity index (χ0) is 9.68. The number of aromatic nitrogens is 1. The van der Waals surface area contributed by atoms with Crippen LogP contribution in [-0.2, 0) is 6.42 Å². The van der Waals surface area contributed by atoms with Crippen LogP contribution < -0.4 is 0 Å². The molecule has 1 heterocycles. The van der Waals surface area contributed by atoms with Crippen molar-refractivity contribution in [1.82, 2.24) is 4.98 Å². The van der Waals surface area contributed by atoms with E-state index < -0.39 is 0 Å². The van der Waals surface area contributed by atoms with E-state index >= 15 is 0 Å². The summed E-state index contributed by atoms with van der Waals surface area (Å²) in [7, 11) is 0. The molecule has 1 rings (SSSR count). The van der Waals surface area contributed by atoms with E-state index in [2.05, 4.69) is 24.2 Å². The highest BCUT2D eigenvalue weighted by atomic mass is 32.1. The van der Waals surface area contributed by atoms with E-state index in [0.717, 1.165) is 18.5 Å². The number of hydrogen-bond acceptors (Lipinski definition) is 3.